The first-order valence-electron chi connectivity index (χ1n) is 26.6. The molecule has 0 saturated carbocycles. The Labute approximate surface area is 396 Å². The largest absolute Gasteiger partial charge is 0.472 e. The standard InChI is InChI=1S/C55H103N2O6P/c1-6-8-10-12-14-16-17-18-19-20-21-22-23-24-25-26-27-28-29-30-31-32-33-34-35-36-37-38-39-41-43-45-47-49-55(59)56-53(52-63-64(60,61)62-51-50-57(3,4)5)54(58)48-46-44-42-40-15-13-11-9-7-2/h7,9,15,17-18,20-21,40,46,48,53-54,58H,6,8,10-14,16,19,22-39,41-45,47,49-52H2,1-5H3,(H-,56,59,60,61)/p+1/b9-7+,18-17-,21-20-,40-15+,48-46+. The number of hydrogen-bond donors (Lipinski definition) is 3. The number of hydrogen-bond acceptors (Lipinski definition) is 5. The van der Waals surface area contributed by atoms with Gasteiger partial charge in [0.15, 0.2) is 0 Å². The Morgan fingerprint density at radius 3 is 1.42 bits per heavy atom. The van der Waals surface area contributed by atoms with Crippen LogP contribution in [0.4, 0.5) is 0 Å². The molecule has 0 aliphatic rings. The number of likely N-dealkylation sites (N-methyl/N-ethyl adjacent to an activating group) is 1. The molecule has 0 bridgehead atoms. The van der Waals surface area contributed by atoms with Gasteiger partial charge >= 0.3 is 7.82 Å². The molecular formula is C55H104N2O6P+. The topological polar surface area (TPSA) is 105 Å². The Morgan fingerprint density at radius 2 is 0.969 bits per heavy atom. The van der Waals surface area contributed by atoms with E-state index in [1.165, 1.54) is 161 Å². The highest BCUT2D eigenvalue weighted by molar-refractivity contribution is 7.47. The first-order chi connectivity index (χ1) is 31.0. The summed E-state index contributed by atoms with van der Waals surface area (Å²) < 4.78 is 23.5. The quantitative estimate of drug-likeness (QED) is 0.0243. The number of phosphoric ester groups is 1. The van der Waals surface area contributed by atoms with Crippen molar-refractivity contribution in [1.29, 1.82) is 0 Å². The summed E-state index contributed by atoms with van der Waals surface area (Å²) in [6.45, 7) is 4.54. The zero-order chi connectivity index (χ0) is 47.1. The average Bonchev–Trinajstić information content (AvgIpc) is 3.25. The lowest BCUT2D eigenvalue weighted by molar-refractivity contribution is -0.870. The SMILES string of the molecule is C/C=C/CC/C=C/CC/C=C/C(O)C(COP(=O)(O)OCC[N+](C)(C)C)NC(=O)CCCCCCCCCCCCCCCCCCCCCCC/C=C\C/C=C\CCCCCCC. The number of nitrogens with one attached hydrogen (secondary N) is 1. The number of amides is 1. The molecule has 0 aromatic heterocycles. The van der Waals surface area contributed by atoms with Gasteiger partial charge in [-0.1, -0.05) is 215 Å². The number of aliphatic hydroxyl groups is 1. The van der Waals surface area contributed by atoms with E-state index in [1.807, 2.05) is 34.1 Å². The highest BCUT2D eigenvalue weighted by atomic mass is 31.2. The van der Waals surface area contributed by atoms with E-state index in [2.05, 4.69) is 60.8 Å². The third-order valence-corrected chi connectivity index (χ3v) is 12.8. The summed E-state index contributed by atoms with van der Waals surface area (Å²) in [5, 5.41) is 13.8. The number of allylic oxidation sites excluding steroid dienone is 9. The summed E-state index contributed by atoms with van der Waals surface area (Å²) in [4.78, 5) is 23.1. The molecule has 64 heavy (non-hydrogen) atoms. The van der Waals surface area contributed by atoms with Crippen LogP contribution in [0.3, 0.4) is 0 Å². The van der Waals surface area contributed by atoms with Gasteiger partial charge in [-0.2, -0.15) is 0 Å². The van der Waals surface area contributed by atoms with Crippen molar-refractivity contribution in [2.75, 3.05) is 40.9 Å². The molecule has 0 fully saturated rings. The van der Waals surface area contributed by atoms with E-state index in [-0.39, 0.29) is 19.1 Å². The molecule has 8 nitrogen and oxygen atoms in total. The first-order valence-corrected chi connectivity index (χ1v) is 28.1. The number of carbonyl (C=O) groups is 1. The van der Waals surface area contributed by atoms with Crippen molar-refractivity contribution < 1.29 is 32.9 Å². The molecule has 0 rings (SSSR count). The van der Waals surface area contributed by atoms with Crippen LogP contribution < -0.4 is 5.32 Å². The van der Waals surface area contributed by atoms with E-state index in [4.69, 9.17) is 9.05 Å². The number of carbonyl (C=O) groups excluding carboxylic acids is 1. The highest BCUT2D eigenvalue weighted by Crippen LogP contribution is 2.43. The van der Waals surface area contributed by atoms with Crippen molar-refractivity contribution in [3.63, 3.8) is 0 Å². The molecule has 9 heteroatoms. The summed E-state index contributed by atoms with van der Waals surface area (Å²) in [6.07, 6.45) is 62.2. The van der Waals surface area contributed by atoms with Gasteiger partial charge in [0, 0.05) is 6.42 Å². The lowest BCUT2D eigenvalue weighted by Gasteiger charge is -2.25. The fourth-order valence-electron chi connectivity index (χ4n) is 7.58. The molecule has 0 aliphatic heterocycles. The fourth-order valence-corrected chi connectivity index (χ4v) is 8.32. The van der Waals surface area contributed by atoms with Crippen molar-refractivity contribution in [1.82, 2.24) is 5.32 Å². The predicted molar refractivity (Wildman–Crippen MR) is 277 cm³/mol. The number of nitrogens with zero attached hydrogens (tertiary/aromatic N) is 1. The molecule has 3 N–H and O–H groups in total. The van der Waals surface area contributed by atoms with E-state index in [0.717, 1.165) is 51.4 Å². The summed E-state index contributed by atoms with van der Waals surface area (Å²) in [7, 11) is 1.54. The third kappa shape index (κ3) is 48.1. The van der Waals surface area contributed by atoms with Crippen LogP contribution in [0.2, 0.25) is 0 Å². The van der Waals surface area contributed by atoms with Crippen molar-refractivity contribution in [2.24, 2.45) is 0 Å². The minimum absolute atomic E-state index is 0.0526. The first kappa shape index (κ1) is 62.2. The van der Waals surface area contributed by atoms with E-state index < -0.39 is 20.0 Å². The van der Waals surface area contributed by atoms with E-state index >= 15 is 0 Å². The summed E-state index contributed by atoms with van der Waals surface area (Å²) in [5.41, 5.74) is 0. The summed E-state index contributed by atoms with van der Waals surface area (Å²) in [6, 6.07) is -0.867. The smallest absolute Gasteiger partial charge is 0.387 e. The van der Waals surface area contributed by atoms with Crippen LogP contribution in [0, 0.1) is 0 Å². The average molecular weight is 920 g/mol. The molecule has 3 unspecified atom stereocenters. The highest BCUT2D eigenvalue weighted by Gasteiger charge is 2.27. The molecule has 0 aromatic carbocycles. The van der Waals surface area contributed by atoms with Gasteiger partial charge in [0.25, 0.3) is 0 Å². The molecule has 0 spiro atoms. The second-order valence-electron chi connectivity index (χ2n) is 19.2. The Bertz CT molecular complexity index is 1230. The van der Waals surface area contributed by atoms with Crippen LogP contribution in [-0.4, -0.2) is 73.4 Å². The number of quaternary nitrogens is 1. The van der Waals surface area contributed by atoms with Gasteiger partial charge in [-0.25, -0.2) is 4.57 Å². The number of phosphoric acid groups is 1. The van der Waals surface area contributed by atoms with Crippen LogP contribution in [0.25, 0.3) is 0 Å². The van der Waals surface area contributed by atoms with Crippen molar-refractivity contribution in [3.8, 4) is 0 Å². The van der Waals surface area contributed by atoms with Gasteiger partial charge in [-0.3, -0.25) is 13.8 Å². The minimum Gasteiger partial charge on any atom is -0.387 e. The molecule has 0 aliphatic carbocycles. The number of aliphatic hydroxyl groups excluding tert-OH is 1. The number of unbranched alkanes of at least 4 members (excludes halogenated alkanes) is 28. The predicted octanol–water partition coefficient (Wildman–Crippen LogP) is 15.8. The lowest BCUT2D eigenvalue weighted by Crippen LogP contribution is -2.45. The maximum absolute atomic E-state index is 12.9. The molecular weight excluding hydrogens is 816 g/mol. The number of rotatable bonds is 48. The van der Waals surface area contributed by atoms with Gasteiger partial charge in [0.05, 0.1) is 39.9 Å². The molecule has 0 aromatic rings. The van der Waals surface area contributed by atoms with Crippen LogP contribution in [0.5, 0.6) is 0 Å². The monoisotopic (exact) mass is 920 g/mol. The third-order valence-electron chi connectivity index (χ3n) is 11.8. The van der Waals surface area contributed by atoms with Gasteiger partial charge < -0.3 is 19.8 Å². The van der Waals surface area contributed by atoms with Gasteiger partial charge in [0.2, 0.25) is 5.91 Å². The zero-order valence-electron chi connectivity index (χ0n) is 42.5. The summed E-state index contributed by atoms with van der Waals surface area (Å²) >= 11 is 0. The molecule has 3 atom stereocenters. The van der Waals surface area contributed by atoms with Gasteiger partial charge in [-0.15, -0.1) is 0 Å². The van der Waals surface area contributed by atoms with Crippen molar-refractivity contribution in [3.05, 3.63) is 60.8 Å². The van der Waals surface area contributed by atoms with Crippen molar-refractivity contribution in [2.45, 2.75) is 244 Å². The van der Waals surface area contributed by atoms with Crippen LogP contribution in [-0.2, 0) is 18.4 Å². The fraction of sp³-hybridized carbons (Fsp3) is 0.800. The van der Waals surface area contributed by atoms with Crippen molar-refractivity contribution >= 4 is 13.7 Å². The maximum Gasteiger partial charge on any atom is 0.472 e. The van der Waals surface area contributed by atoms with Crippen LogP contribution in [0.15, 0.2) is 60.8 Å². The zero-order valence-corrected chi connectivity index (χ0v) is 43.4. The van der Waals surface area contributed by atoms with Gasteiger partial charge in [-0.05, 0) is 71.1 Å². The second-order valence-corrected chi connectivity index (χ2v) is 20.7. The molecule has 0 saturated heterocycles. The minimum atomic E-state index is -4.35. The Kier molecular flexibility index (Phi) is 45.0. The van der Waals surface area contributed by atoms with E-state index in [1.54, 1.807) is 6.08 Å². The summed E-state index contributed by atoms with van der Waals surface area (Å²) in [5.74, 6) is -0.193. The Morgan fingerprint density at radius 1 is 0.562 bits per heavy atom. The van der Waals surface area contributed by atoms with E-state index in [9.17, 15) is 19.4 Å². The van der Waals surface area contributed by atoms with Gasteiger partial charge in [0.1, 0.15) is 13.2 Å². The Hall–Kier alpha value is -1.80. The van der Waals surface area contributed by atoms with Crippen LogP contribution in [0.1, 0.15) is 232 Å². The molecule has 0 heterocycles. The molecule has 0 radical (unpaired) electrons. The molecule has 1 amide bonds. The lowest BCUT2D eigenvalue weighted by atomic mass is 10.0. The normalized spacial score (nSPS) is 14.5. The molecule has 374 valence electrons. The van der Waals surface area contributed by atoms with Crippen LogP contribution >= 0.6 is 7.82 Å². The Balaban J connectivity index is 3.93. The second kappa shape index (κ2) is 46.3. The maximum atomic E-state index is 12.9. The van der Waals surface area contributed by atoms with E-state index in [0.29, 0.717) is 17.4 Å².